The zero-order valence-corrected chi connectivity index (χ0v) is 10.3. The lowest BCUT2D eigenvalue weighted by atomic mass is 10.1. The maximum Gasteiger partial charge on any atom is 0.328 e. The van der Waals surface area contributed by atoms with Gasteiger partial charge in [-0.15, -0.1) is 0 Å². The standard InChI is InChI=1S/C13H11N3O4/c17-11(18)4-3-9-2-1-6-14-12(9)13(19)15-8-10-5-7-20-16-10/h1-7H,8H2,(H,15,19)(H,17,18)/b4-3+. The highest BCUT2D eigenvalue weighted by molar-refractivity contribution is 5.97. The van der Waals surface area contributed by atoms with Crippen molar-refractivity contribution in [3.8, 4) is 0 Å². The summed E-state index contributed by atoms with van der Waals surface area (Å²) < 4.78 is 4.65. The summed E-state index contributed by atoms with van der Waals surface area (Å²) in [5, 5.41) is 14.9. The molecule has 20 heavy (non-hydrogen) atoms. The summed E-state index contributed by atoms with van der Waals surface area (Å²) in [6.07, 6.45) is 5.14. The zero-order valence-electron chi connectivity index (χ0n) is 10.3. The lowest BCUT2D eigenvalue weighted by molar-refractivity contribution is -0.131. The third-order valence-electron chi connectivity index (χ3n) is 2.38. The maximum atomic E-state index is 12.0. The summed E-state index contributed by atoms with van der Waals surface area (Å²) >= 11 is 0. The monoisotopic (exact) mass is 273 g/mol. The first-order valence-corrected chi connectivity index (χ1v) is 5.70. The molecule has 0 aliphatic heterocycles. The van der Waals surface area contributed by atoms with E-state index in [-0.39, 0.29) is 12.2 Å². The number of aromatic nitrogens is 2. The van der Waals surface area contributed by atoms with E-state index < -0.39 is 11.9 Å². The Kier molecular flexibility index (Phi) is 4.23. The van der Waals surface area contributed by atoms with Crippen molar-refractivity contribution >= 4 is 18.0 Å². The van der Waals surface area contributed by atoms with E-state index >= 15 is 0 Å². The molecule has 0 aromatic carbocycles. The lowest BCUT2D eigenvalue weighted by Gasteiger charge is -2.05. The van der Waals surface area contributed by atoms with E-state index in [0.717, 1.165) is 6.08 Å². The van der Waals surface area contributed by atoms with Crippen molar-refractivity contribution in [2.24, 2.45) is 0 Å². The third kappa shape index (κ3) is 3.52. The number of rotatable bonds is 5. The van der Waals surface area contributed by atoms with Crippen molar-refractivity contribution in [1.29, 1.82) is 0 Å². The van der Waals surface area contributed by atoms with E-state index in [4.69, 9.17) is 5.11 Å². The third-order valence-corrected chi connectivity index (χ3v) is 2.38. The molecule has 0 saturated heterocycles. The van der Waals surface area contributed by atoms with Crippen LogP contribution in [0.3, 0.4) is 0 Å². The van der Waals surface area contributed by atoms with Crippen LogP contribution in [0, 0.1) is 0 Å². The number of nitrogens with zero attached hydrogens (tertiary/aromatic N) is 2. The van der Waals surface area contributed by atoms with E-state index in [1.165, 1.54) is 18.5 Å². The number of hydrogen-bond acceptors (Lipinski definition) is 5. The van der Waals surface area contributed by atoms with Gasteiger partial charge in [0.2, 0.25) is 0 Å². The summed E-state index contributed by atoms with van der Waals surface area (Å²) in [7, 11) is 0. The van der Waals surface area contributed by atoms with Crippen LogP contribution in [0.5, 0.6) is 0 Å². The molecule has 2 rings (SSSR count). The van der Waals surface area contributed by atoms with Crippen molar-refractivity contribution in [3.05, 3.63) is 53.7 Å². The van der Waals surface area contributed by atoms with Gasteiger partial charge in [0.05, 0.1) is 6.54 Å². The molecule has 0 bridgehead atoms. The van der Waals surface area contributed by atoms with Gasteiger partial charge < -0.3 is 14.9 Å². The van der Waals surface area contributed by atoms with E-state index in [2.05, 4.69) is 20.0 Å². The second-order valence-electron chi connectivity index (χ2n) is 3.79. The summed E-state index contributed by atoms with van der Waals surface area (Å²) in [6, 6.07) is 4.86. The van der Waals surface area contributed by atoms with Gasteiger partial charge in [-0.2, -0.15) is 0 Å². The summed E-state index contributed by atoms with van der Waals surface area (Å²) in [5.41, 5.74) is 1.15. The van der Waals surface area contributed by atoms with Crippen LogP contribution in [0.4, 0.5) is 0 Å². The van der Waals surface area contributed by atoms with Gasteiger partial charge in [-0.25, -0.2) is 4.79 Å². The fraction of sp³-hybridized carbons (Fsp3) is 0.0769. The zero-order chi connectivity index (χ0) is 14.4. The van der Waals surface area contributed by atoms with Crippen LogP contribution in [0.1, 0.15) is 21.7 Å². The SMILES string of the molecule is O=C(O)/C=C/c1cccnc1C(=O)NCc1ccon1. The van der Waals surface area contributed by atoms with Crippen molar-refractivity contribution in [3.63, 3.8) is 0 Å². The number of hydrogen-bond donors (Lipinski definition) is 2. The Hall–Kier alpha value is -2.96. The number of carboxylic acids is 1. The summed E-state index contributed by atoms with van der Waals surface area (Å²) in [6.45, 7) is 0.202. The van der Waals surface area contributed by atoms with Gasteiger partial charge in [0.15, 0.2) is 0 Å². The largest absolute Gasteiger partial charge is 0.478 e. The molecular weight excluding hydrogens is 262 g/mol. The Bertz CT molecular complexity index is 635. The van der Waals surface area contributed by atoms with E-state index in [9.17, 15) is 9.59 Å². The van der Waals surface area contributed by atoms with Gasteiger partial charge >= 0.3 is 5.97 Å². The first kappa shape index (κ1) is 13.5. The maximum absolute atomic E-state index is 12.0. The number of aliphatic carboxylic acids is 1. The Morgan fingerprint density at radius 1 is 1.40 bits per heavy atom. The van der Waals surface area contributed by atoms with Crippen molar-refractivity contribution < 1.29 is 19.2 Å². The molecule has 2 aromatic heterocycles. The molecule has 0 fully saturated rings. The van der Waals surface area contributed by atoms with Gasteiger partial charge in [0.1, 0.15) is 17.7 Å². The Labute approximate surface area is 113 Å². The van der Waals surface area contributed by atoms with Crippen molar-refractivity contribution in [2.45, 2.75) is 6.54 Å². The first-order chi connectivity index (χ1) is 9.66. The van der Waals surface area contributed by atoms with Crippen LogP contribution < -0.4 is 5.32 Å². The van der Waals surface area contributed by atoms with Crippen molar-refractivity contribution in [2.75, 3.05) is 0 Å². The summed E-state index contributed by atoms with van der Waals surface area (Å²) in [5.74, 6) is -1.51. The highest BCUT2D eigenvalue weighted by Crippen LogP contribution is 2.08. The van der Waals surface area contributed by atoms with E-state index in [1.54, 1.807) is 18.2 Å². The lowest BCUT2D eigenvalue weighted by Crippen LogP contribution is -2.24. The molecular formula is C13H11N3O4. The van der Waals surface area contributed by atoms with Gasteiger partial charge in [0, 0.05) is 23.9 Å². The van der Waals surface area contributed by atoms with Crippen LogP contribution in [0.25, 0.3) is 6.08 Å². The Balaban J connectivity index is 2.11. The average Bonchev–Trinajstić information content (AvgIpc) is 2.96. The molecule has 0 saturated carbocycles. The smallest absolute Gasteiger partial charge is 0.328 e. The second-order valence-corrected chi connectivity index (χ2v) is 3.79. The molecule has 0 unspecified atom stereocenters. The van der Waals surface area contributed by atoms with Gasteiger partial charge in [-0.1, -0.05) is 11.2 Å². The second kappa shape index (κ2) is 6.28. The molecule has 7 heteroatoms. The topological polar surface area (TPSA) is 105 Å². The molecule has 0 aliphatic carbocycles. The normalized spacial score (nSPS) is 10.6. The Morgan fingerprint density at radius 3 is 2.95 bits per heavy atom. The van der Waals surface area contributed by atoms with E-state index in [0.29, 0.717) is 11.3 Å². The predicted octanol–water partition coefficient (Wildman–Crippen LogP) is 1.10. The number of carbonyl (C=O) groups excluding carboxylic acids is 1. The number of carboxylic acid groups (broad SMARTS) is 1. The molecule has 2 N–H and O–H groups in total. The minimum atomic E-state index is -1.09. The average molecular weight is 273 g/mol. The van der Waals surface area contributed by atoms with Crippen LogP contribution in [-0.2, 0) is 11.3 Å². The summed E-state index contributed by atoms with van der Waals surface area (Å²) in [4.78, 5) is 26.5. The molecule has 1 amide bonds. The predicted molar refractivity (Wildman–Crippen MR) is 68.6 cm³/mol. The highest BCUT2D eigenvalue weighted by atomic mass is 16.5. The highest BCUT2D eigenvalue weighted by Gasteiger charge is 2.11. The molecule has 0 aliphatic rings. The van der Waals surface area contributed by atoms with Crippen LogP contribution in [-0.4, -0.2) is 27.1 Å². The van der Waals surface area contributed by atoms with Gasteiger partial charge in [0.25, 0.3) is 5.91 Å². The van der Waals surface area contributed by atoms with Crippen LogP contribution in [0.2, 0.25) is 0 Å². The number of nitrogens with one attached hydrogen (secondary N) is 1. The molecule has 102 valence electrons. The number of amides is 1. The first-order valence-electron chi connectivity index (χ1n) is 5.70. The molecule has 2 aromatic rings. The molecule has 2 heterocycles. The van der Waals surface area contributed by atoms with Crippen LogP contribution in [0.15, 0.2) is 41.3 Å². The van der Waals surface area contributed by atoms with Crippen LogP contribution >= 0.6 is 0 Å². The minimum Gasteiger partial charge on any atom is -0.478 e. The molecule has 0 radical (unpaired) electrons. The quantitative estimate of drug-likeness (QED) is 0.790. The number of pyridine rings is 1. The number of carbonyl (C=O) groups is 2. The van der Waals surface area contributed by atoms with Gasteiger partial charge in [-0.3, -0.25) is 9.78 Å². The van der Waals surface area contributed by atoms with E-state index in [1.807, 2.05) is 0 Å². The fourth-order valence-corrected chi connectivity index (χ4v) is 1.49. The van der Waals surface area contributed by atoms with Crippen molar-refractivity contribution in [1.82, 2.24) is 15.5 Å². The minimum absolute atomic E-state index is 0.147. The molecule has 0 atom stereocenters. The van der Waals surface area contributed by atoms with Gasteiger partial charge in [-0.05, 0) is 12.1 Å². The fourth-order valence-electron chi connectivity index (χ4n) is 1.49. The molecule has 7 nitrogen and oxygen atoms in total. The Morgan fingerprint density at radius 2 is 2.25 bits per heavy atom. The molecule has 0 spiro atoms.